The Morgan fingerprint density at radius 2 is 2.56 bits per heavy atom. The molecule has 0 aromatic carbocycles. The Hall–Kier alpha value is -1.30. The molecule has 1 heterocycles. The van der Waals surface area contributed by atoms with Crippen molar-refractivity contribution in [3.8, 4) is 0 Å². The van der Waals surface area contributed by atoms with Crippen molar-refractivity contribution in [2.45, 2.75) is 6.17 Å². The molecular formula is C3H5N5O. The summed E-state index contributed by atoms with van der Waals surface area (Å²) in [6, 6.07) is 0. The molecule has 9 heavy (non-hydrogen) atoms. The number of aldehydes is 1. The molecule has 0 spiro atoms. The molecule has 6 nitrogen and oxygen atoms in total. The van der Waals surface area contributed by atoms with E-state index in [1.807, 2.05) is 0 Å². The van der Waals surface area contributed by atoms with Gasteiger partial charge in [0.05, 0.1) is 0 Å². The second-order valence-electron chi connectivity index (χ2n) is 1.42. The first-order valence-electron chi connectivity index (χ1n) is 2.28. The summed E-state index contributed by atoms with van der Waals surface area (Å²) in [5.74, 6) is 0. The molecule has 0 saturated carbocycles. The normalized spacial score (nSPS) is 13.0. The summed E-state index contributed by atoms with van der Waals surface area (Å²) in [5.41, 5.74) is 5.19. The van der Waals surface area contributed by atoms with Gasteiger partial charge in [-0.25, -0.2) is 4.68 Å². The Bertz CT molecular complexity index is 182. The lowest BCUT2D eigenvalue weighted by Crippen LogP contribution is -2.20. The lowest BCUT2D eigenvalue weighted by molar-refractivity contribution is -0.110. The number of tetrazole rings is 1. The standard InChI is InChI=1S/C3H5N5O/c4-3(1-9)8-2-5-6-7-8/h1-3H,4H2. The molecular weight excluding hydrogens is 122 g/mol. The quantitative estimate of drug-likeness (QED) is 0.480. The van der Waals surface area contributed by atoms with E-state index in [0.717, 1.165) is 4.68 Å². The third-order valence-corrected chi connectivity index (χ3v) is 0.810. The molecule has 0 saturated heterocycles. The monoisotopic (exact) mass is 127 g/mol. The van der Waals surface area contributed by atoms with Crippen LogP contribution >= 0.6 is 0 Å². The van der Waals surface area contributed by atoms with Gasteiger partial charge in [0.25, 0.3) is 0 Å². The van der Waals surface area contributed by atoms with Gasteiger partial charge < -0.3 is 5.73 Å². The van der Waals surface area contributed by atoms with Crippen LogP contribution in [0.5, 0.6) is 0 Å². The number of carbonyl (C=O) groups excluding carboxylic acids is 1. The fourth-order valence-corrected chi connectivity index (χ4v) is 0.367. The molecule has 0 radical (unpaired) electrons. The molecule has 1 rings (SSSR count). The summed E-state index contributed by atoms with van der Waals surface area (Å²) in [6.07, 6.45) is 1.06. The largest absolute Gasteiger partial charge is 0.304 e. The van der Waals surface area contributed by atoms with Crippen molar-refractivity contribution in [3.63, 3.8) is 0 Å². The maximum atomic E-state index is 9.96. The van der Waals surface area contributed by atoms with Crippen molar-refractivity contribution in [2.24, 2.45) is 5.73 Å². The highest BCUT2D eigenvalue weighted by atomic mass is 16.1. The van der Waals surface area contributed by atoms with Gasteiger partial charge in [-0.15, -0.1) is 5.10 Å². The molecule has 6 heteroatoms. The van der Waals surface area contributed by atoms with E-state index in [-0.39, 0.29) is 0 Å². The molecule has 1 aromatic heterocycles. The number of aromatic nitrogens is 4. The van der Waals surface area contributed by atoms with Crippen molar-refractivity contribution in [3.05, 3.63) is 6.33 Å². The summed E-state index contributed by atoms with van der Waals surface area (Å²) >= 11 is 0. The minimum absolute atomic E-state index is 0.552. The molecule has 0 aliphatic rings. The average molecular weight is 127 g/mol. The van der Waals surface area contributed by atoms with Crippen molar-refractivity contribution in [1.29, 1.82) is 0 Å². The van der Waals surface area contributed by atoms with E-state index < -0.39 is 6.17 Å². The fourth-order valence-electron chi connectivity index (χ4n) is 0.367. The number of nitrogens with two attached hydrogens (primary N) is 1. The predicted octanol–water partition coefficient (Wildman–Crippen LogP) is -1.67. The smallest absolute Gasteiger partial charge is 0.159 e. The van der Waals surface area contributed by atoms with E-state index in [9.17, 15) is 4.79 Å². The van der Waals surface area contributed by atoms with Crippen LogP contribution < -0.4 is 5.73 Å². The van der Waals surface area contributed by atoms with E-state index >= 15 is 0 Å². The van der Waals surface area contributed by atoms with Crippen LogP contribution in [0.4, 0.5) is 0 Å². The SMILES string of the molecule is NC(C=O)n1cnnn1. The second kappa shape index (κ2) is 2.31. The Morgan fingerprint density at radius 1 is 1.78 bits per heavy atom. The van der Waals surface area contributed by atoms with Crippen LogP contribution in [0.25, 0.3) is 0 Å². The van der Waals surface area contributed by atoms with Gasteiger partial charge in [-0.05, 0) is 10.4 Å². The third kappa shape index (κ3) is 1.08. The predicted molar refractivity (Wildman–Crippen MR) is 27.1 cm³/mol. The number of carbonyl (C=O) groups is 1. The highest BCUT2D eigenvalue weighted by Crippen LogP contribution is 1.84. The van der Waals surface area contributed by atoms with Crippen LogP contribution in [-0.2, 0) is 4.79 Å². The van der Waals surface area contributed by atoms with Crippen LogP contribution in [0.15, 0.2) is 6.33 Å². The van der Waals surface area contributed by atoms with Crippen molar-refractivity contribution >= 4 is 6.29 Å². The van der Waals surface area contributed by atoms with Crippen LogP contribution in [-0.4, -0.2) is 26.5 Å². The topological polar surface area (TPSA) is 86.7 Å². The highest BCUT2D eigenvalue weighted by molar-refractivity contribution is 5.54. The summed E-state index contributed by atoms with van der Waals surface area (Å²) < 4.78 is 1.16. The van der Waals surface area contributed by atoms with Crippen molar-refractivity contribution in [2.75, 3.05) is 0 Å². The molecule has 0 bridgehead atoms. The fraction of sp³-hybridized carbons (Fsp3) is 0.333. The van der Waals surface area contributed by atoms with Crippen LogP contribution in [0, 0.1) is 0 Å². The van der Waals surface area contributed by atoms with E-state index in [2.05, 4.69) is 15.5 Å². The molecule has 1 atom stereocenters. The zero-order valence-electron chi connectivity index (χ0n) is 4.51. The van der Waals surface area contributed by atoms with Gasteiger partial charge in [0, 0.05) is 0 Å². The zero-order chi connectivity index (χ0) is 6.69. The minimum atomic E-state index is -0.764. The van der Waals surface area contributed by atoms with Crippen molar-refractivity contribution < 1.29 is 4.79 Å². The summed E-state index contributed by atoms with van der Waals surface area (Å²) in [6.45, 7) is 0. The molecule has 0 aliphatic carbocycles. The Morgan fingerprint density at radius 3 is 3.00 bits per heavy atom. The Kier molecular flexibility index (Phi) is 1.50. The van der Waals surface area contributed by atoms with Crippen LogP contribution in [0.3, 0.4) is 0 Å². The minimum Gasteiger partial charge on any atom is -0.304 e. The van der Waals surface area contributed by atoms with Gasteiger partial charge in [0.15, 0.2) is 12.5 Å². The molecule has 1 aromatic rings. The average Bonchev–Trinajstić information content (AvgIpc) is 2.37. The lowest BCUT2D eigenvalue weighted by Gasteiger charge is -1.97. The third-order valence-electron chi connectivity index (χ3n) is 0.810. The molecule has 48 valence electrons. The number of hydrogen-bond acceptors (Lipinski definition) is 5. The molecule has 2 N–H and O–H groups in total. The zero-order valence-corrected chi connectivity index (χ0v) is 4.51. The lowest BCUT2D eigenvalue weighted by atomic mass is 10.6. The first-order chi connectivity index (χ1) is 4.34. The van der Waals surface area contributed by atoms with Gasteiger partial charge in [0.1, 0.15) is 6.33 Å². The van der Waals surface area contributed by atoms with Crippen molar-refractivity contribution in [1.82, 2.24) is 20.2 Å². The van der Waals surface area contributed by atoms with E-state index in [4.69, 9.17) is 5.73 Å². The maximum absolute atomic E-state index is 9.96. The first-order valence-corrected chi connectivity index (χ1v) is 2.28. The Balaban J connectivity index is 2.76. The summed E-state index contributed by atoms with van der Waals surface area (Å²) in [7, 11) is 0. The van der Waals surface area contributed by atoms with Gasteiger partial charge in [-0.2, -0.15) is 0 Å². The number of nitrogens with zero attached hydrogens (tertiary/aromatic N) is 4. The maximum Gasteiger partial charge on any atom is 0.159 e. The first kappa shape index (κ1) is 5.83. The number of hydrogen-bond donors (Lipinski definition) is 1. The van der Waals surface area contributed by atoms with Gasteiger partial charge >= 0.3 is 0 Å². The highest BCUT2D eigenvalue weighted by Gasteiger charge is 2.00. The van der Waals surface area contributed by atoms with Gasteiger partial charge in [-0.1, -0.05) is 0 Å². The molecule has 0 aliphatic heterocycles. The van der Waals surface area contributed by atoms with E-state index in [0.29, 0.717) is 6.29 Å². The second-order valence-corrected chi connectivity index (χ2v) is 1.42. The van der Waals surface area contributed by atoms with E-state index in [1.165, 1.54) is 6.33 Å². The summed E-state index contributed by atoms with van der Waals surface area (Å²) in [5, 5.41) is 9.96. The van der Waals surface area contributed by atoms with E-state index in [1.54, 1.807) is 0 Å². The van der Waals surface area contributed by atoms with Gasteiger partial charge in [0.2, 0.25) is 0 Å². The molecule has 1 unspecified atom stereocenters. The van der Waals surface area contributed by atoms with Crippen LogP contribution in [0.2, 0.25) is 0 Å². The Labute approximate surface area is 50.6 Å². The summed E-state index contributed by atoms with van der Waals surface area (Å²) in [4.78, 5) is 9.96. The molecule has 0 fully saturated rings. The number of rotatable bonds is 2. The van der Waals surface area contributed by atoms with Gasteiger partial charge in [-0.3, -0.25) is 4.79 Å². The molecule has 0 amide bonds. The van der Waals surface area contributed by atoms with Crippen LogP contribution in [0.1, 0.15) is 6.17 Å².